The minimum Gasteiger partial charge on any atom is -0.444 e. The minimum absolute atomic E-state index is 0.183. The first-order chi connectivity index (χ1) is 14.8. The van der Waals surface area contributed by atoms with E-state index in [-0.39, 0.29) is 12.5 Å². The van der Waals surface area contributed by atoms with E-state index in [4.69, 9.17) is 4.74 Å². The molecule has 8 nitrogen and oxygen atoms in total. The van der Waals surface area contributed by atoms with Gasteiger partial charge in [-0.05, 0) is 55.8 Å². The van der Waals surface area contributed by atoms with Crippen LogP contribution in [-0.4, -0.2) is 32.2 Å². The summed E-state index contributed by atoms with van der Waals surface area (Å²) in [4.78, 5) is 25.4. The van der Waals surface area contributed by atoms with Crippen LogP contribution in [0.25, 0.3) is 16.4 Å². The quantitative estimate of drug-likeness (QED) is 0.520. The number of hydrogen-bond acceptors (Lipinski definition) is 5. The first kappa shape index (κ1) is 20.3. The number of carbonyl (C=O) groups excluding carboxylic acids is 2. The van der Waals surface area contributed by atoms with Crippen molar-refractivity contribution in [2.75, 3.05) is 5.32 Å². The molecule has 0 unspecified atom stereocenters. The summed E-state index contributed by atoms with van der Waals surface area (Å²) in [5.74, 6) is 0.260. The van der Waals surface area contributed by atoms with Crippen molar-refractivity contribution >= 4 is 34.1 Å². The lowest BCUT2D eigenvalue weighted by atomic mass is 10.0. The van der Waals surface area contributed by atoms with Crippen LogP contribution in [0.3, 0.4) is 0 Å². The summed E-state index contributed by atoms with van der Waals surface area (Å²) < 4.78 is 7.16. The number of fused-ring (bicyclic) bond motifs is 2. The second-order valence-electron chi connectivity index (χ2n) is 8.10. The van der Waals surface area contributed by atoms with Crippen molar-refractivity contribution in [2.24, 2.45) is 0 Å². The monoisotopic (exact) mass is 417 g/mol. The molecule has 0 aliphatic heterocycles. The van der Waals surface area contributed by atoms with Crippen LogP contribution in [0.5, 0.6) is 0 Å². The van der Waals surface area contributed by atoms with Crippen molar-refractivity contribution < 1.29 is 14.3 Å². The fourth-order valence-electron chi connectivity index (χ4n) is 3.21. The van der Waals surface area contributed by atoms with Crippen LogP contribution in [0.4, 0.5) is 10.5 Å². The number of ether oxygens (including phenoxy) is 1. The summed E-state index contributed by atoms with van der Waals surface area (Å²) in [7, 11) is 0. The molecule has 2 aromatic carbocycles. The zero-order valence-corrected chi connectivity index (χ0v) is 17.5. The molecule has 0 bridgehead atoms. The van der Waals surface area contributed by atoms with Crippen LogP contribution in [0, 0.1) is 0 Å². The van der Waals surface area contributed by atoms with Crippen LogP contribution < -0.4 is 10.6 Å². The molecule has 2 aromatic heterocycles. The highest BCUT2D eigenvalue weighted by Crippen LogP contribution is 2.25. The predicted molar refractivity (Wildman–Crippen MR) is 118 cm³/mol. The van der Waals surface area contributed by atoms with Crippen LogP contribution >= 0.6 is 0 Å². The Bertz CT molecular complexity index is 1270. The Labute approximate surface area is 179 Å². The molecule has 158 valence electrons. The summed E-state index contributed by atoms with van der Waals surface area (Å²) in [5, 5.41) is 15.6. The highest BCUT2D eigenvalue weighted by Gasteiger charge is 2.20. The van der Waals surface area contributed by atoms with E-state index in [2.05, 4.69) is 20.8 Å². The van der Waals surface area contributed by atoms with Crippen molar-refractivity contribution in [1.29, 1.82) is 0 Å². The number of amides is 2. The van der Waals surface area contributed by atoms with Crippen molar-refractivity contribution in [2.45, 2.75) is 32.9 Å². The molecule has 0 saturated heterocycles. The third-order valence-electron chi connectivity index (χ3n) is 4.56. The van der Waals surface area contributed by atoms with Gasteiger partial charge in [0.05, 0.1) is 17.8 Å². The molecule has 4 rings (SSSR count). The lowest BCUT2D eigenvalue weighted by Gasteiger charge is -2.20. The lowest BCUT2D eigenvalue weighted by Crippen LogP contribution is -2.29. The van der Waals surface area contributed by atoms with Gasteiger partial charge in [-0.25, -0.2) is 4.79 Å². The number of nitrogens with zero attached hydrogens (tertiary/aromatic N) is 3. The number of carbonyl (C=O) groups is 2. The van der Waals surface area contributed by atoms with E-state index in [0.29, 0.717) is 22.7 Å². The van der Waals surface area contributed by atoms with Crippen LogP contribution in [0.2, 0.25) is 0 Å². The van der Waals surface area contributed by atoms with Gasteiger partial charge in [0.15, 0.2) is 11.5 Å². The predicted octanol–water partition coefficient (Wildman–Crippen LogP) is 4.16. The Balaban J connectivity index is 1.61. The SMILES string of the molecule is CC(C)(C)OC(=O)Nc1cc2ccccc2cc1C(=O)NCc1nnc2ccccn12. The topological polar surface area (TPSA) is 97.6 Å². The zero-order valence-electron chi connectivity index (χ0n) is 17.5. The minimum atomic E-state index is -0.655. The maximum absolute atomic E-state index is 13.0. The number of benzene rings is 2. The summed E-state index contributed by atoms with van der Waals surface area (Å²) in [6, 6.07) is 16.7. The Kier molecular flexibility index (Phi) is 5.29. The number of hydrogen-bond donors (Lipinski definition) is 2. The second kappa shape index (κ2) is 8.06. The summed E-state index contributed by atoms with van der Waals surface area (Å²) in [6.45, 7) is 5.53. The Morgan fingerprint density at radius 3 is 2.45 bits per heavy atom. The molecule has 0 atom stereocenters. The molecular weight excluding hydrogens is 394 g/mol. The van der Waals surface area contributed by atoms with Gasteiger partial charge in [0.2, 0.25) is 0 Å². The van der Waals surface area contributed by atoms with Gasteiger partial charge in [0.1, 0.15) is 5.60 Å². The van der Waals surface area contributed by atoms with E-state index in [1.54, 1.807) is 37.3 Å². The Hall–Kier alpha value is -3.94. The second-order valence-corrected chi connectivity index (χ2v) is 8.10. The van der Waals surface area contributed by atoms with E-state index in [0.717, 1.165) is 10.8 Å². The molecule has 2 N–H and O–H groups in total. The zero-order chi connectivity index (χ0) is 22.0. The van der Waals surface area contributed by atoms with Gasteiger partial charge in [-0.3, -0.25) is 14.5 Å². The summed E-state index contributed by atoms with van der Waals surface area (Å²) in [5.41, 5.74) is 0.748. The van der Waals surface area contributed by atoms with Gasteiger partial charge in [0, 0.05) is 6.20 Å². The van der Waals surface area contributed by atoms with Gasteiger partial charge < -0.3 is 10.1 Å². The van der Waals surface area contributed by atoms with E-state index >= 15 is 0 Å². The molecule has 0 saturated carbocycles. The summed E-state index contributed by atoms with van der Waals surface area (Å²) >= 11 is 0. The van der Waals surface area contributed by atoms with Gasteiger partial charge in [-0.1, -0.05) is 30.3 Å². The largest absolute Gasteiger partial charge is 0.444 e. The highest BCUT2D eigenvalue weighted by molar-refractivity contribution is 6.07. The van der Waals surface area contributed by atoms with Crippen LogP contribution in [0.1, 0.15) is 37.0 Å². The maximum Gasteiger partial charge on any atom is 0.412 e. The van der Waals surface area contributed by atoms with Crippen molar-refractivity contribution in [1.82, 2.24) is 19.9 Å². The molecule has 2 amide bonds. The molecule has 0 fully saturated rings. The molecule has 4 aromatic rings. The first-order valence-electron chi connectivity index (χ1n) is 9.90. The van der Waals surface area contributed by atoms with Crippen molar-refractivity contribution in [3.63, 3.8) is 0 Å². The standard InChI is InChI=1S/C23H23N5O3/c1-23(2,3)31-22(30)25-18-13-16-9-5-4-8-15(16)12-17(18)21(29)24-14-20-27-26-19-10-6-7-11-28(19)20/h4-13H,14H2,1-3H3,(H,24,29)(H,25,30). The first-order valence-corrected chi connectivity index (χ1v) is 9.90. The number of rotatable bonds is 4. The number of anilines is 1. The third kappa shape index (κ3) is 4.63. The van der Waals surface area contributed by atoms with Gasteiger partial charge >= 0.3 is 6.09 Å². The fraction of sp³-hybridized carbons (Fsp3) is 0.217. The molecule has 0 radical (unpaired) electrons. The number of aromatic nitrogens is 3. The van der Waals surface area contributed by atoms with E-state index in [9.17, 15) is 9.59 Å². The Morgan fingerprint density at radius 1 is 1.00 bits per heavy atom. The number of nitrogens with one attached hydrogen (secondary N) is 2. The summed E-state index contributed by atoms with van der Waals surface area (Å²) in [6.07, 6.45) is 1.21. The lowest BCUT2D eigenvalue weighted by molar-refractivity contribution is 0.0636. The van der Waals surface area contributed by atoms with E-state index < -0.39 is 11.7 Å². The average molecular weight is 417 g/mol. The van der Waals surface area contributed by atoms with Gasteiger partial charge in [-0.2, -0.15) is 0 Å². The molecule has 8 heteroatoms. The third-order valence-corrected chi connectivity index (χ3v) is 4.56. The molecule has 0 spiro atoms. The molecular formula is C23H23N5O3. The fourth-order valence-corrected chi connectivity index (χ4v) is 3.21. The van der Waals surface area contributed by atoms with E-state index in [1.807, 2.05) is 48.7 Å². The van der Waals surface area contributed by atoms with Crippen molar-refractivity contribution in [3.05, 3.63) is 72.2 Å². The smallest absolute Gasteiger partial charge is 0.412 e. The molecule has 0 aliphatic carbocycles. The molecule has 0 aliphatic rings. The van der Waals surface area contributed by atoms with E-state index in [1.165, 1.54) is 0 Å². The molecule has 2 heterocycles. The molecule has 31 heavy (non-hydrogen) atoms. The average Bonchev–Trinajstić information content (AvgIpc) is 3.13. The van der Waals surface area contributed by atoms with Gasteiger partial charge in [-0.15, -0.1) is 10.2 Å². The highest BCUT2D eigenvalue weighted by atomic mass is 16.6. The van der Waals surface area contributed by atoms with Crippen molar-refractivity contribution in [3.8, 4) is 0 Å². The maximum atomic E-state index is 13.0. The Morgan fingerprint density at radius 2 is 1.71 bits per heavy atom. The van der Waals surface area contributed by atoms with Crippen LogP contribution in [0.15, 0.2) is 60.8 Å². The van der Waals surface area contributed by atoms with Crippen LogP contribution in [-0.2, 0) is 11.3 Å². The number of pyridine rings is 1. The van der Waals surface area contributed by atoms with Gasteiger partial charge in [0.25, 0.3) is 5.91 Å². The normalized spacial score (nSPS) is 11.5.